The van der Waals surface area contributed by atoms with Gasteiger partial charge in [0.2, 0.25) is 5.13 Å². The van der Waals surface area contributed by atoms with Crippen LogP contribution in [0.5, 0.6) is 0 Å². The molecule has 0 aromatic carbocycles. The van der Waals surface area contributed by atoms with Gasteiger partial charge in [0.05, 0.1) is 11.1 Å². The second kappa shape index (κ2) is 6.61. The lowest BCUT2D eigenvalue weighted by molar-refractivity contribution is 0.509. The van der Waals surface area contributed by atoms with E-state index in [1.807, 2.05) is 0 Å². The zero-order chi connectivity index (χ0) is 17.7. The van der Waals surface area contributed by atoms with E-state index in [0.717, 1.165) is 39.0 Å². The summed E-state index contributed by atoms with van der Waals surface area (Å²) in [4.78, 5) is 22.6. The number of aromatic nitrogens is 4. The van der Waals surface area contributed by atoms with Crippen molar-refractivity contribution >= 4 is 49.8 Å². The zero-order valence-corrected chi connectivity index (χ0v) is 16.8. The summed E-state index contributed by atoms with van der Waals surface area (Å²) in [5.74, 6) is 2.01. The van der Waals surface area contributed by atoms with Crippen molar-refractivity contribution in [2.24, 2.45) is 5.92 Å². The van der Waals surface area contributed by atoms with Crippen LogP contribution in [0.15, 0.2) is 9.13 Å². The highest BCUT2D eigenvalue weighted by atomic mass is 32.2. The molecule has 0 saturated heterocycles. The third-order valence-electron chi connectivity index (χ3n) is 4.86. The SMILES string of the molecule is C[C@H]1CCc2c(sc3nc(CSc4nnc(NC5CC5)s4)[nH]c(=O)c23)C1. The van der Waals surface area contributed by atoms with Gasteiger partial charge in [-0.1, -0.05) is 30.0 Å². The van der Waals surface area contributed by atoms with Crippen molar-refractivity contribution in [3.8, 4) is 0 Å². The molecule has 3 heterocycles. The molecule has 6 nitrogen and oxygen atoms in total. The highest BCUT2D eigenvalue weighted by Gasteiger charge is 2.24. The molecule has 0 aliphatic heterocycles. The molecule has 26 heavy (non-hydrogen) atoms. The van der Waals surface area contributed by atoms with E-state index in [9.17, 15) is 4.79 Å². The lowest BCUT2D eigenvalue weighted by atomic mass is 9.89. The van der Waals surface area contributed by atoms with Gasteiger partial charge in [-0.15, -0.1) is 21.5 Å². The van der Waals surface area contributed by atoms with Crippen LogP contribution in [0.1, 0.15) is 42.5 Å². The monoisotopic (exact) mass is 405 g/mol. The Labute approximate surface area is 162 Å². The Hall–Kier alpha value is -1.45. The molecule has 2 aliphatic rings. The van der Waals surface area contributed by atoms with E-state index in [1.54, 1.807) is 34.4 Å². The molecule has 2 aliphatic carbocycles. The van der Waals surface area contributed by atoms with E-state index in [0.29, 0.717) is 23.5 Å². The average molecular weight is 406 g/mol. The van der Waals surface area contributed by atoms with E-state index in [-0.39, 0.29) is 5.56 Å². The van der Waals surface area contributed by atoms with E-state index in [4.69, 9.17) is 4.98 Å². The minimum absolute atomic E-state index is 0.00556. The molecule has 5 rings (SSSR count). The summed E-state index contributed by atoms with van der Waals surface area (Å²) in [5.41, 5.74) is 1.24. The van der Waals surface area contributed by atoms with Crippen molar-refractivity contribution in [3.63, 3.8) is 0 Å². The number of nitrogens with zero attached hydrogens (tertiary/aromatic N) is 3. The second-order valence-electron chi connectivity index (χ2n) is 7.12. The summed E-state index contributed by atoms with van der Waals surface area (Å²) < 4.78 is 0.898. The van der Waals surface area contributed by atoms with E-state index < -0.39 is 0 Å². The molecule has 3 aromatic rings. The maximum absolute atomic E-state index is 12.6. The lowest BCUT2D eigenvalue weighted by Crippen LogP contribution is -2.14. The third kappa shape index (κ3) is 3.27. The number of hydrogen-bond acceptors (Lipinski definition) is 8. The fourth-order valence-electron chi connectivity index (χ4n) is 3.32. The van der Waals surface area contributed by atoms with Crippen LogP contribution in [0.25, 0.3) is 10.2 Å². The smallest absolute Gasteiger partial charge is 0.259 e. The number of rotatable bonds is 5. The van der Waals surface area contributed by atoms with Crippen LogP contribution in [0.2, 0.25) is 0 Å². The first-order valence-corrected chi connectivity index (χ1v) is 11.5. The second-order valence-corrected chi connectivity index (χ2v) is 10.4. The molecule has 0 amide bonds. The van der Waals surface area contributed by atoms with Gasteiger partial charge in [-0.3, -0.25) is 4.79 Å². The Balaban J connectivity index is 1.36. The normalized spacial score (nSPS) is 19.7. The van der Waals surface area contributed by atoms with Gasteiger partial charge in [-0.25, -0.2) is 4.98 Å². The van der Waals surface area contributed by atoms with E-state index in [1.165, 1.54) is 23.3 Å². The number of thiophene rings is 1. The van der Waals surface area contributed by atoms with Gasteiger partial charge in [-0.05, 0) is 43.6 Å². The van der Waals surface area contributed by atoms with Crippen molar-refractivity contribution in [1.82, 2.24) is 20.2 Å². The van der Waals surface area contributed by atoms with Gasteiger partial charge in [0, 0.05) is 10.9 Å². The largest absolute Gasteiger partial charge is 0.357 e. The number of anilines is 1. The molecule has 0 spiro atoms. The standard InChI is InChI=1S/C17H19N5OS3/c1-8-2-5-10-11(6-8)25-15-13(10)14(23)19-12(20-15)7-24-17-22-21-16(26-17)18-9-3-4-9/h8-9H,2-7H2,1H3,(H,18,21)(H,19,20,23)/t8-/m0/s1. The minimum Gasteiger partial charge on any atom is -0.357 e. The number of thioether (sulfide) groups is 1. The lowest BCUT2D eigenvalue weighted by Gasteiger charge is -2.17. The van der Waals surface area contributed by atoms with Crippen LogP contribution in [0, 0.1) is 5.92 Å². The van der Waals surface area contributed by atoms with Crippen LogP contribution in [0.3, 0.4) is 0 Å². The first kappa shape index (κ1) is 16.7. The molecular formula is C17H19N5OS3. The highest BCUT2D eigenvalue weighted by molar-refractivity contribution is 8.00. The van der Waals surface area contributed by atoms with Crippen LogP contribution in [0.4, 0.5) is 5.13 Å². The first-order valence-electron chi connectivity index (χ1n) is 8.92. The number of hydrogen-bond donors (Lipinski definition) is 2. The van der Waals surface area contributed by atoms with Gasteiger partial charge >= 0.3 is 0 Å². The number of nitrogens with one attached hydrogen (secondary N) is 2. The summed E-state index contributed by atoms with van der Waals surface area (Å²) in [6.45, 7) is 2.28. The van der Waals surface area contributed by atoms with Crippen molar-refractivity contribution in [2.45, 2.75) is 55.2 Å². The fourth-order valence-corrected chi connectivity index (χ4v) is 6.42. The summed E-state index contributed by atoms with van der Waals surface area (Å²) in [5, 5.41) is 13.4. The molecule has 9 heteroatoms. The molecule has 3 aromatic heterocycles. The zero-order valence-electron chi connectivity index (χ0n) is 14.4. The molecule has 136 valence electrons. The van der Waals surface area contributed by atoms with Crippen LogP contribution < -0.4 is 10.9 Å². The average Bonchev–Trinajstić information content (AvgIpc) is 3.17. The molecule has 1 atom stereocenters. The first-order chi connectivity index (χ1) is 12.7. The Morgan fingerprint density at radius 1 is 1.27 bits per heavy atom. The Bertz CT molecular complexity index is 1020. The topological polar surface area (TPSA) is 83.6 Å². The minimum atomic E-state index is 0.00556. The fraction of sp³-hybridized carbons (Fsp3) is 0.529. The highest BCUT2D eigenvalue weighted by Crippen LogP contribution is 2.36. The molecule has 0 unspecified atom stereocenters. The van der Waals surface area contributed by atoms with Crippen molar-refractivity contribution < 1.29 is 0 Å². The van der Waals surface area contributed by atoms with Crippen LogP contribution in [-0.2, 0) is 18.6 Å². The molecule has 0 radical (unpaired) electrons. The Kier molecular flexibility index (Phi) is 4.25. The maximum Gasteiger partial charge on any atom is 0.259 e. The van der Waals surface area contributed by atoms with E-state index in [2.05, 4.69) is 27.4 Å². The molecule has 1 fully saturated rings. The Morgan fingerprint density at radius 2 is 2.15 bits per heavy atom. The van der Waals surface area contributed by atoms with Gasteiger partial charge in [-0.2, -0.15) is 0 Å². The molecule has 1 saturated carbocycles. The van der Waals surface area contributed by atoms with Gasteiger partial charge < -0.3 is 10.3 Å². The predicted molar refractivity (Wildman–Crippen MR) is 108 cm³/mol. The van der Waals surface area contributed by atoms with Crippen LogP contribution >= 0.6 is 34.4 Å². The maximum atomic E-state index is 12.6. The number of aryl methyl sites for hydroxylation is 1. The summed E-state index contributed by atoms with van der Waals surface area (Å²) in [6.07, 6.45) is 5.66. The molecule has 2 N–H and O–H groups in total. The Morgan fingerprint density at radius 3 is 3.00 bits per heavy atom. The predicted octanol–water partition coefficient (Wildman–Crippen LogP) is 3.83. The summed E-state index contributed by atoms with van der Waals surface area (Å²) >= 11 is 4.83. The van der Waals surface area contributed by atoms with Crippen molar-refractivity contribution in [2.75, 3.05) is 5.32 Å². The number of H-pyrrole nitrogens is 1. The summed E-state index contributed by atoms with van der Waals surface area (Å²) in [6, 6.07) is 0.578. The van der Waals surface area contributed by atoms with Crippen molar-refractivity contribution in [1.29, 1.82) is 0 Å². The molecular weight excluding hydrogens is 386 g/mol. The number of fused-ring (bicyclic) bond motifs is 3. The van der Waals surface area contributed by atoms with Gasteiger partial charge in [0.15, 0.2) is 4.34 Å². The summed E-state index contributed by atoms with van der Waals surface area (Å²) in [7, 11) is 0. The van der Waals surface area contributed by atoms with Crippen molar-refractivity contribution in [3.05, 3.63) is 26.6 Å². The third-order valence-corrected chi connectivity index (χ3v) is 8.01. The molecule has 0 bridgehead atoms. The van der Waals surface area contributed by atoms with Gasteiger partial charge in [0.25, 0.3) is 5.56 Å². The van der Waals surface area contributed by atoms with Crippen LogP contribution in [-0.4, -0.2) is 26.2 Å². The van der Waals surface area contributed by atoms with E-state index >= 15 is 0 Å². The quantitative estimate of drug-likeness (QED) is 0.628. The number of aromatic amines is 1. The van der Waals surface area contributed by atoms with Gasteiger partial charge in [0.1, 0.15) is 10.7 Å².